The van der Waals surface area contributed by atoms with Gasteiger partial charge in [-0.05, 0) is 52.7 Å². The summed E-state index contributed by atoms with van der Waals surface area (Å²) in [7, 11) is 0. The third kappa shape index (κ3) is 2.76. The summed E-state index contributed by atoms with van der Waals surface area (Å²) in [6.45, 7) is 12.3. The zero-order valence-corrected chi connectivity index (χ0v) is 11.2. The van der Waals surface area contributed by atoms with Crippen molar-refractivity contribution in [3.05, 3.63) is 28.8 Å². The van der Waals surface area contributed by atoms with E-state index in [0.717, 1.165) is 11.3 Å². The van der Waals surface area contributed by atoms with Gasteiger partial charge in [0.1, 0.15) is 5.75 Å². The van der Waals surface area contributed by atoms with E-state index in [0.29, 0.717) is 0 Å². The van der Waals surface area contributed by atoms with Crippen LogP contribution in [0.3, 0.4) is 0 Å². The average molecular weight is 221 g/mol. The third-order valence-corrected chi connectivity index (χ3v) is 2.72. The van der Waals surface area contributed by atoms with Crippen LogP contribution in [0.15, 0.2) is 12.1 Å². The number of benzene rings is 1. The van der Waals surface area contributed by atoms with Gasteiger partial charge in [0, 0.05) is 11.1 Å². The van der Waals surface area contributed by atoms with E-state index in [1.807, 2.05) is 27.7 Å². The summed E-state index contributed by atoms with van der Waals surface area (Å²) in [5.74, 6) is 0.947. The van der Waals surface area contributed by atoms with Crippen molar-refractivity contribution in [2.45, 2.75) is 53.2 Å². The van der Waals surface area contributed by atoms with Crippen molar-refractivity contribution < 1.29 is 4.74 Å². The fraction of sp³-hybridized carbons (Fsp3) is 0.571. The van der Waals surface area contributed by atoms with Crippen molar-refractivity contribution in [2.24, 2.45) is 5.73 Å². The standard InChI is InChI=1S/C14H23NO/c1-9(2)16-13-11(4)10(3)7-8-12(13)14(5,6)15/h7-9H,15H2,1-6H3. The van der Waals surface area contributed by atoms with Gasteiger partial charge in [0.05, 0.1) is 6.10 Å². The Morgan fingerprint density at radius 2 is 1.75 bits per heavy atom. The molecular formula is C14H23NO. The molecule has 1 rings (SSSR count). The summed E-state index contributed by atoms with van der Waals surface area (Å²) >= 11 is 0. The molecule has 0 heterocycles. The number of aryl methyl sites for hydroxylation is 1. The maximum atomic E-state index is 6.17. The molecule has 0 atom stereocenters. The number of hydrogen-bond donors (Lipinski definition) is 1. The van der Waals surface area contributed by atoms with Crippen LogP contribution in [0.25, 0.3) is 0 Å². The Labute approximate surface area is 98.8 Å². The first-order valence-electron chi connectivity index (χ1n) is 5.79. The maximum Gasteiger partial charge on any atom is 0.127 e. The van der Waals surface area contributed by atoms with Gasteiger partial charge in [0.15, 0.2) is 0 Å². The van der Waals surface area contributed by atoms with Gasteiger partial charge in [-0.25, -0.2) is 0 Å². The van der Waals surface area contributed by atoms with Crippen LogP contribution in [-0.4, -0.2) is 6.10 Å². The molecule has 0 aliphatic heterocycles. The molecule has 0 bridgehead atoms. The molecule has 16 heavy (non-hydrogen) atoms. The Kier molecular flexibility index (Phi) is 3.64. The summed E-state index contributed by atoms with van der Waals surface area (Å²) < 4.78 is 5.90. The normalized spacial score (nSPS) is 12.0. The second-order valence-electron chi connectivity index (χ2n) is 5.27. The fourth-order valence-corrected chi connectivity index (χ4v) is 1.69. The first-order chi connectivity index (χ1) is 7.23. The molecule has 2 nitrogen and oxygen atoms in total. The Hall–Kier alpha value is -1.02. The van der Waals surface area contributed by atoms with Gasteiger partial charge in [0.2, 0.25) is 0 Å². The van der Waals surface area contributed by atoms with E-state index < -0.39 is 0 Å². The molecule has 2 heteroatoms. The smallest absolute Gasteiger partial charge is 0.127 e. The zero-order chi connectivity index (χ0) is 12.5. The lowest BCUT2D eigenvalue weighted by Crippen LogP contribution is -2.30. The van der Waals surface area contributed by atoms with Crippen LogP contribution in [0.2, 0.25) is 0 Å². The molecule has 0 amide bonds. The molecule has 0 radical (unpaired) electrons. The average Bonchev–Trinajstić information content (AvgIpc) is 2.10. The monoisotopic (exact) mass is 221 g/mol. The fourth-order valence-electron chi connectivity index (χ4n) is 1.69. The highest BCUT2D eigenvalue weighted by Gasteiger charge is 2.22. The SMILES string of the molecule is Cc1ccc(C(C)(C)N)c(OC(C)C)c1C. The minimum absolute atomic E-state index is 0.168. The topological polar surface area (TPSA) is 35.2 Å². The molecule has 0 saturated carbocycles. The molecule has 0 unspecified atom stereocenters. The number of ether oxygens (including phenoxy) is 1. The van der Waals surface area contributed by atoms with Gasteiger partial charge in [-0.2, -0.15) is 0 Å². The predicted octanol–water partition coefficient (Wildman–Crippen LogP) is 3.28. The summed E-state index contributed by atoms with van der Waals surface area (Å²) in [4.78, 5) is 0. The van der Waals surface area contributed by atoms with Gasteiger partial charge in [-0.1, -0.05) is 12.1 Å². The second-order valence-corrected chi connectivity index (χ2v) is 5.27. The van der Waals surface area contributed by atoms with E-state index in [2.05, 4.69) is 26.0 Å². The highest BCUT2D eigenvalue weighted by Crippen LogP contribution is 2.33. The van der Waals surface area contributed by atoms with E-state index in [1.165, 1.54) is 11.1 Å². The molecule has 0 saturated heterocycles. The summed E-state index contributed by atoms with van der Waals surface area (Å²) in [6, 6.07) is 4.17. The van der Waals surface area contributed by atoms with Gasteiger partial charge in [-0.15, -0.1) is 0 Å². The van der Waals surface area contributed by atoms with Crippen molar-refractivity contribution in [2.75, 3.05) is 0 Å². The Morgan fingerprint density at radius 3 is 2.19 bits per heavy atom. The molecule has 1 aromatic rings. The van der Waals surface area contributed by atoms with Crippen LogP contribution in [0.1, 0.15) is 44.4 Å². The van der Waals surface area contributed by atoms with E-state index in [1.54, 1.807) is 0 Å². The zero-order valence-electron chi connectivity index (χ0n) is 11.2. The van der Waals surface area contributed by atoms with Crippen LogP contribution < -0.4 is 10.5 Å². The summed E-state index contributed by atoms with van der Waals surface area (Å²) in [5.41, 5.74) is 9.30. The molecule has 0 aromatic heterocycles. The Bertz CT molecular complexity index is 375. The van der Waals surface area contributed by atoms with Crippen molar-refractivity contribution in [3.63, 3.8) is 0 Å². The maximum absolute atomic E-state index is 6.17. The lowest BCUT2D eigenvalue weighted by atomic mass is 9.91. The highest BCUT2D eigenvalue weighted by atomic mass is 16.5. The lowest BCUT2D eigenvalue weighted by Gasteiger charge is -2.26. The van der Waals surface area contributed by atoms with Crippen molar-refractivity contribution >= 4 is 0 Å². The van der Waals surface area contributed by atoms with E-state index >= 15 is 0 Å². The lowest BCUT2D eigenvalue weighted by molar-refractivity contribution is 0.234. The van der Waals surface area contributed by atoms with Crippen molar-refractivity contribution in [1.82, 2.24) is 0 Å². The second kappa shape index (κ2) is 4.46. The molecule has 0 aliphatic rings. The molecule has 90 valence electrons. The number of hydrogen-bond acceptors (Lipinski definition) is 2. The van der Waals surface area contributed by atoms with Crippen LogP contribution in [0.5, 0.6) is 5.75 Å². The minimum Gasteiger partial charge on any atom is -0.490 e. The van der Waals surface area contributed by atoms with Crippen molar-refractivity contribution in [1.29, 1.82) is 0 Å². The molecule has 1 aromatic carbocycles. The summed E-state index contributed by atoms with van der Waals surface area (Å²) in [6.07, 6.45) is 0.168. The van der Waals surface area contributed by atoms with E-state index in [4.69, 9.17) is 10.5 Å². The van der Waals surface area contributed by atoms with Gasteiger partial charge < -0.3 is 10.5 Å². The molecular weight excluding hydrogens is 198 g/mol. The molecule has 2 N–H and O–H groups in total. The number of nitrogens with two attached hydrogens (primary N) is 1. The van der Waals surface area contributed by atoms with Crippen LogP contribution in [-0.2, 0) is 5.54 Å². The molecule has 0 spiro atoms. The van der Waals surface area contributed by atoms with Crippen LogP contribution >= 0.6 is 0 Å². The third-order valence-electron chi connectivity index (χ3n) is 2.72. The van der Waals surface area contributed by atoms with Gasteiger partial charge >= 0.3 is 0 Å². The van der Waals surface area contributed by atoms with E-state index in [-0.39, 0.29) is 11.6 Å². The van der Waals surface area contributed by atoms with Crippen LogP contribution in [0.4, 0.5) is 0 Å². The quantitative estimate of drug-likeness (QED) is 0.850. The van der Waals surface area contributed by atoms with Gasteiger partial charge in [-0.3, -0.25) is 0 Å². The first kappa shape index (κ1) is 13.0. The van der Waals surface area contributed by atoms with Gasteiger partial charge in [0.25, 0.3) is 0 Å². The minimum atomic E-state index is -0.372. The largest absolute Gasteiger partial charge is 0.490 e. The van der Waals surface area contributed by atoms with E-state index in [9.17, 15) is 0 Å². The van der Waals surface area contributed by atoms with Crippen LogP contribution in [0, 0.1) is 13.8 Å². The first-order valence-corrected chi connectivity index (χ1v) is 5.79. The summed E-state index contributed by atoms with van der Waals surface area (Å²) in [5, 5.41) is 0. The highest BCUT2D eigenvalue weighted by molar-refractivity contribution is 5.48. The Balaban J connectivity index is 3.33. The molecule has 0 aliphatic carbocycles. The number of rotatable bonds is 3. The predicted molar refractivity (Wildman–Crippen MR) is 68.9 cm³/mol. The Morgan fingerprint density at radius 1 is 1.19 bits per heavy atom. The molecule has 0 fully saturated rings. The van der Waals surface area contributed by atoms with Crippen molar-refractivity contribution in [3.8, 4) is 5.75 Å².